The smallest absolute Gasteiger partial charge is 0.325 e. The molecule has 6 nitrogen and oxygen atoms in total. The molecule has 3 N–H and O–H groups in total. The van der Waals surface area contributed by atoms with Crippen LogP contribution in [0.4, 0.5) is 16.2 Å². The highest BCUT2D eigenvalue weighted by Gasteiger charge is 2.14. The van der Waals surface area contributed by atoms with E-state index < -0.39 is 18.0 Å². The molecule has 0 aromatic heterocycles. The van der Waals surface area contributed by atoms with Gasteiger partial charge in [-0.05, 0) is 31.5 Å². The monoisotopic (exact) mass is 265 g/mol. The number of aliphatic carboxylic acids is 1. The van der Waals surface area contributed by atoms with Crippen LogP contribution in [-0.2, 0) is 4.79 Å². The predicted octanol–water partition coefficient (Wildman–Crippen LogP) is 1.66. The number of benzene rings is 1. The van der Waals surface area contributed by atoms with E-state index in [0.29, 0.717) is 5.69 Å². The van der Waals surface area contributed by atoms with Crippen LogP contribution in [0.15, 0.2) is 18.2 Å². The topological polar surface area (TPSA) is 81.7 Å². The minimum atomic E-state index is -1.08. The number of nitrogens with one attached hydrogen (secondary N) is 2. The van der Waals surface area contributed by atoms with Crippen LogP contribution in [0, 0.1) is 6.92 Å². The van der Waals surface area contributed by atoms with E-state index in [4.69, 9.17) is 5.11 Å². The molecule has 0 fully saturated rings. The molecule has 6 heteroatoms. The molecular formula is C13H19N3O3. The molecule has 0 bridgehead atoms. The molecule has 0 aliphatic heterocycles. The van der Waals surface area contributed by atoms with Gasteiger partial charge in [-0.25, -0.2) is 4.79 Å². The minimum Gasteiger partial charge on any atom is -0.480 e. The Hall–Kier alpha value is -2.24. The molecule has 0 heterocycles. The number of hydrogen-bond donors (Lipinski definition) is 3. The SMILES string of the molecule is Cc1ccc(NC(=O)NC(C)C(=O)O)cc1N(C)C. The van der Waals surface area contributed by atoms with E-state index in [1.54, 1.807) is 6.07 Å². The first kappa shape index (κ1) is 14.8. The fourth-order valence-electron chi connectivity index (χ4n) is 1.59. The average Bonchev–Trinajstić information content (AvgIpc) is 2.30. The highest BCUT2D eigenvalue weighted by atomic mass is 16.4. The number of rotatable bonds is 4. The van der Waals surface area contributed by atoms with Crippen LogP contribution in [-0.4, -0.2) is 37.2 Å². The summed E-state index contributed by atoms with van der Waals surface area (Å²) in [7, 11) is 3.83. The second-order valence-corrected chi connectivity index (χ2v) is 4.55. The largest absolute Gasteiger partial charge is 0.480 e. The van der Waals surface area contributed by atoms with Crippen LogP contribution in [0.25, 0.3) is 0 Å². The van der Waals surface area contributed by atoms with Gasteiger partial charge in [-0.3, -0.25) is 4.79 Å². The number of carbonyl (C=O) groups is 2. The van der Waals surface area contributed by atoms with Gasteiger partial charge in [-0.15, -0.1) is 0 Å². The van der Waals surface area contributed by atoms with Gasteiger partial charge in [0.2, 0.25) is 0 Å². The number of anilines is 2. The fraction of sp³-hybridized carbons (Fsp3) is 0.385. The molecule has 1 aromatic carbocycles. The van der Waals surface area contributed by atoms with E-state index in [0.717, 1.165) is 11.3 Å². The number of aryl methyl sites for hydroxylation is 1. The predicted molar refractivity (Wildman–Crippen MR) is 74.8 cm³/mol. The van der Waals surface area contributed by atoms with Crippen molar-refractivity contribution in [1.82, 2.24) is 5.32 Å². The molecule has 0 aliphatic carbocycles. The van der Waals surface area contributed by atoms with Crippen molar-refractivity contribution in [2.24, 2.45) is 0 Å². The zero-order valence-corrected chi connectivity index (χ0v) is 11.5. The van der Waals surface area contributed by atoms with Crippen molar-refractivity contribution >= 4 is 23.4 Å². The number of carboxylic acid groups (broad SMARTS) is 1. The Bertz CT molecular complexity index is 486. The third-order valence-corrected chi connectivity index (χ3v) is 2.67. The average molecular weight is 265 g/mol. The number of amides is 2. The van der Waals surface area contributed by atoms with Gasteiger partial charge in [0, 0.05) is 25.5 Å². The summed E-state index contributed by atoms with van der Waals surface area (Å²) in [6.45, 7) is 3.38. The van der Waals surface area contributed by atoms with Gasteiger partial charge in [0.15, 0.2) is 0 Å². The minimum absolute atomic E-state index is 0.538. The Morgan fingerprint density at radius 1 is 1.32 bits per heavy atom. The van der Waals surface area contributed by atoms with Crippen molar-refractivity contribution in [1.29, 1.82) is 0 Å². The van der Waals surface area contributed by atoms with Crippen molar-refractivity contribution in [2.75, 3.05) is 24.3 Å². The number of carboxylic acids is 1. The fourth-order valence-corrected chi connectivity index (χ4v) is 1.59. The summed E-state index contributed by atoms with van der Waals surface area (Å²) in [4.78, 5) is 24.2. The van der Waals surface area contributed by atoms with Crippen molar-refractivity contribution in [3.63, 3.8) is 0 Å². The molecule has 1 rings (SSSR count). The summed E-state index contributed by atoms with van der Waals surface area (Å²) in [5.74, 6) is -1.08. The number of hydrogen-bond acceptors (Lipinski definition) is 3. The van der Waals surface area contributed by atoms with Crippen LogP contribution in [0.3, 0.4) is 0 Å². The van der Waals surface area contributed by atoms with Gasteiger partial charge in [0.25, 0.3) is 0 Å². The second kappa shape index (κ2) is 6.08. The summed E-state index contributed by atoms with van der Waals surface area (Å²) >= 11 is 0. The maximum Gasteiger partial charge on any atom is 0.325 e. The zero-order valence-electron chi connectivity index (χ0n) is 11.5. The van der Waals surface area contributed by atoms with Crippen molar-refractivity contribution in [2.45, 2.75) is 19.9 Å². The molecule has 0 spiro atoms. The molecular weight excluding hydrogens is 246 g/mol. The van der Waals surface area contributed by atoms with Crippen LogP contribution in [0.2, 0.25) is 0 Å². The van der Waals surface area contributed by atoms with Gasteiger partial charge >= 0.3 is 12.0 Å². The molecule has 0 saturated carbocycles. The van der Waals surface area contributed by atoms with Crippen LogP contribution >= 0.6 is 0 Å². The summed E-state index contributed by atoms with van der Waals surface area (Å²) in [5, 5.41) is 13.6. The van der Waals surface area contributed by atoms with Crippen LogP contribution in [0.5, 0.6) is 0 Å². The summed E-state index contributed by atoms with van der Waals surface area (Å²) in [5.41, 5.74) is 2.70. The van der Waals surface area contributed by atoms with Gasteiger partial charge < -0.3 is 20.6 Å². The Morgan fingerprint density at radius 3 is 2.47 bits per heavy atom. The lowest BCUT2D eigenvalue weighted by Gasteiger charge is -2.17. The van der Waals surface area contributed by atoms with Crippen LogP contribution in [0.1, 0.15) is 12.5 Å². The number of urea groups is 1. The quantitative estimate of drug-likeness (QED) is 0.773. The lowest BCUT2D eigenvalue weighted by molar-refractivity contribution is -0.138. The molecule has 0 radical (unpaired) electrons. The van der Waals surface area contributed by atoms with E-state index in [2.05, 4.69) is 10.6 Å². The van der Waals surface area contributed by atoms with E-state index in [-0.39, 0.29) is 0 Å². The molecule has 0 saturated heterocycles. The van der Waals surface area contributed by atoms with E-state index in [9.17, 15) is 9.59 Å². The van der Waals surface area contributed by atoms with E-state index >= 15 is 0 Å². The molecule has 1 aromatic rings. The number of nitrogens with zero attached hydrogens (tertiary/aromatic N) is 1. The highest BCUT2D eigenvalue weighted by molar-refractivity contribution is 5.92. The Balaban J connectivity index is 2.75. The number of carbonyl (C=O) groups excluding carboxylic acids is 1. The summed E-state index contributed by atoms with van der Waals surface area (Å²) in [6.07, 6.45) is 0. The zero-order chi connectivity index (χ0) is 14.6. The van der Waals surface area contributed by atoms with Crippen molar-refractivity contribution in [3.05, 3.63) is 23.8 Å². The van der Waals surface area contributed by atoms with Gasteiger partial charge in [-0.1, -0.05) is 6.07 Å². The van der Waals surface area contributed by atoms with Crippen molar-refractivity contribution in [3.8, 4) is 0 Å². The highest BCUT2D eigenvalue weighted by Crippen LogP contribution is 2.22. The standard InChI is InChI=1S/C13H19N3O3/c1-8-5-6-10(7-11(8)16(3)4)15-13(19)14-9(2)12(17)18/h5-7,9H,1-4H3,(H,17,18)(H2,14,15,19). The normalized spacial score (nSPS) is 11.6. The third kappa shape index (κ3) is 4.17. The molecule has 104 valence electrons. The first-order chi connectivity index (χ1) is 8.81. The molecule has 1 atom stereocenters. The maximum atomic E-state index is 11.6. The first-order valence-corrected chi connectivity index (χ1v) is 5.89. The maximum absolute atomic E-state index is 11.6. The van der Waals surface area contributed by atoms with Gasteiger partial charge in [-0.2, -0.15) is 0 Å². The van der Waals surface area contributed by atoms with Crippen LogP contribution < -0.4 is 15.5 Å². The van der Waals surface area contributed by atoms with Gasteiger partial charge in [0.05, 0.1) is 0 Å². The summed E-state index contributed by atoms with van der Waals surface area (Å²) < 4.78 is 0. The molecule has 0 aliphatic rings. The lowest BCUT2D eigenvalue weighted by Crippen LogP contribution is -2.40. The summed E-state index contributed by atoms with van der Waals surface area (Å²) in [6, 6.07) is 4.03. The van der Waals surface area contributed by atoms with Crippen molar-refractivity contribution < 1.29 is 14.7 Å². The Labute approximate surface area is 112 Å². The first-order valence-electron chi connectivity index (χ1n) is 5.89. The van der Waals surface area contributed by atoms with E-state index in [1.807, 2.05) is 38.1 Å². The second-order valence-electron chi connectivity index (χ2n) is 4.55. The van der Waals surface area contributed by atoms with Gasteiger partial charge in [0.1, 0.15) is 6.04 Å². The Morgan fingerprint density at radius 2 is 1.95 bits per heavy atom. The lowest BCUT2D eigenvalue weighted by atomic mass is 10.1. The molecule has 1 unspecified atom stereocenters. The Kier molecular flexibility index (Phi) is 4.74. The molecule has 19 heavy (non-hydrogen) atoms. The molecule has 2 amide bonds. The third-order valence-electron chi connectivity index (χ3n) is 2.67. The van der Waals surface area contributed by atoms with E-state index in [1.165, 1.54) is 6.92 Å².